The van der Waals surface area contributed by atoms with E-state index in [9.17, 15) is 0 Å². The molecule has 2 nitrogen and oxygen atoms in total. The molecule has 0 aliphatic rings. The van der Waals surface area contributed by atoms with E-state index in [1.807, 2.05) is 0 Å². The first kappa shape index (κ1) is 58.3. The van der Waals surface area contributed by atoms with Crippen molar-refractivity contribution in [3.8, 4) is 0 Å². The molecule has 1 N–H and O–H groups in total. The summed E-state index contributed by atoms with van der Waals surface area (Å²) in [6.45, 7) is 1.08. The minimum atomic E-state index is -0.833. The van der Waals surface area contributed by atoms with Gasteiger partial charge in [0, 0.05) is 48.1 Å². The van der Waals surface area contributed by atoms with Crippen molar-refractivity contribution in [2.24, 2.45) is 0 Å². The molecule has 0 atom stereocenters. The van der Waals surface area contributed by atoms with Crippen LogP contribution in [0.5, 0.6) is 0 Å². The summed E-state index contributed by atoms with van der Waals surface area (Å²) in [4.78, 5) is 9.00. The monoisotopic (exact) mass is 316 g/mol. The Morgan fingerprint density at radius 3 is 1.10 bits per heavy atom. The summed E-state index contributed by atoms with van der Waals surface area (Å²) in [6.07, 6.45) is 0. The third kappa shape index (κ3) is 207. The molecule has 0 amide bonds. The van der Waals surface area contributed by atoms with Gasteiger partial charge in [-0.3, -0.25) is 4.79 Å². The molecular formula is C2H8Cl4O2TiZn. The van der Waals surface area contributed by atoms with Crippen LogP contribution in [0, 0.1) is 0 Å². The van der Waals surface area contributed by atoms with Gasteiger partial charge in [-0.2, -0.15) is 0 Å². The van der Waals surface area contributed by atoms with Gasteiger partial charge in [0.25, 0.3) is 5.97 Å². The van der Waals surface area contributed by atoms with E-state index in [1.165, 1.54) is 0 Å². The molecule has 0 fully saturated rings. The maximum Gasteiger partial charge on any atom is 0.300 e. The Kier molecular flexibility index (Phi) is 258. The van der Waals surface area contributed by atoms with Gasteiger partial charge in [-0.1, -0.05) is 0 Å². The van der Waals surface area contributed by atoms with E-state index in [0.717, 1.165) is 6.92 Å². The Morgan fingerprint density at radius 1 is 1.10 bits per heavy atom. The smallest absolute Gasteiger partial charge is 0.300 e. The second-order valence-corrected chi connectivity index (χ2v) is 0.519. The van der Waals surface area contributed by atoms with Crippen LogP contribution in [-0.2, 0) is 46.0 Å². The summed E-state index contributed by atoms with van der Waals surface area (Å²) in [5.41, 5.74) is 0. The van der Waals surface area contributed by atoms with Gasteiger partial charge >= 0.3 is 0 Å². The molecule has 0 aromatic rings. The molecule has 0 aliphatic heterocycles. The first-order valence-corrected chi connectivity index (χ1v) is 0.928. The number of hydrogen-bond acceptors (Lipinski definition) is 1. The summed E-state index contributed by atoms with van der Waals surface area (Å²) in [6, 6.07) is 0. The van der Waals surface area contributed by atoms with E-state index in [-0.39, 0.29) is 90.8 Å². The number of carbonyl (C=O) groups is 1. The quantitative estimate of drug-likeness (QED) is 0.691. The van der Waals surface area contributed by atoms with Gasteiger partial charge in [0.1, 0.15) is 0 Å². The standard InChI is InChI=1S/C2H4O2.4ClH.Ti.Zn/c1-2(3)4;;;;;;/h1H3,(H,3,4);4*1H;;. The van der Waals surface area contributed by atoms with Crippen molar-refractivity contribution in [2.75, 3.05) is 0 Å². The molecule has 8 heteroatoms. The maximum absolute atomic E-state index is 9.00. The number of aliphatic carboxylic acids is 1. The summed E-state index contributed by atoms with van der Waals surface area (Å²) in [7, 11) is 0. The van der Waals surface area contributed by atoms with Gasteiger partial charge in [0.15, 0.2) is 0 Å². The molecule has 10 heavy (non-hydrogen) atoms. The molecule has 0 saturated heterocycles. The summed E-state index contributed by atoms with van der Waals surface area (Å²) in [5, 5.41) is 7.42. The Bertz CT molecular complexity index is 44.2. The minimum Gasteiger partial charge on any atom is -0.481 e. The molecule has 0 unspecified atom stereocenters. The number of hydrogen-bond donors (Lipinski definition) is 1. The zero-order valence-corrected chi connectivity index (χ0v) is 13.0. The van der Waals surface area contributed by atoms with Gasteiger partial charge in [-0.15, -0.1) is 49.6 Å². The van der Waals surface area contributed by atoms with Crippen molar-refractivity contribution >= 4 is 55.6 Å². The summed E-state index contributed by atoms with van der Waals surface area (Å²) >= 11 is 0. The van der Waals surface area contributed by atoms with Crippen LogP contribution in [0.1, 0.15) is 6.92 Å². The topological polar surface area (TPSA) is 37.3 Å². The van der Waals surface area contributed by atoms with Crippen molar-refractivity contribution in [3.63, 3.8) is 0 Å². The average molecular weight is 319 g/mol. The fourth-order valence-corrected chi connectivity index (χ4v) is 0. The molecule has 62 valence electrons. The largest absolute Gasteiger partial charge is 0.481 e. The van der Waals surface area contributed by atoms with Crippen LogP contribution in [0.4, 0.5) is 0 Å². The van der Waals surface area contributed by atoms with Gasteiger partial charge in [0.2, 0.25) is 0 Å². The van der Waals surface area contributed by atoms with E-state index in [4.69, 9.17) is 9.90 Å². The number of halogens is 4. The third-order valence-corrected chi connectivity index (χ3v) is 0. The van der Waals surface area contributed by atoms with Gasteiger partial charge in [-0.25, -0.2) is 0 Å². The molecule has 0 bridgehead atoms. The Hall–Kier alpha value is 1.97. The van der Waals surface area contributed by atoms with Crippen molar-refractivity contribution in [3.05, 3.63) is 0 Å². The molecular weight excluding hydrogens is 311 g/mol. The van der Waals surface area contributed by atoms with E-state index in [0.29, 0.717) is 0 Å². The molecule has 0 heterocycles. The third-order valence-electron chi connectivity index (χ3n) is 0. The molecule has 0 aliphatic carbocycles. The first-order valence-electron chi connectivity index (χ1n) is 0.928. The zero-order valence-electron chi connectivity index (χ0n) is 5.20. The summed E-state index contributed by atoms with van der Waals surface area (Å²) in [5.74, 6) is -0.833. The van der Waals surface area contributed by atoms with Crippen LogP contribution >= 0.6 is 49.6 Å². The van der Waals surface area contributed by atoms with Crippen LogP contribution in [0.3, 0.4) is 0 Å². The van der Waals surface area contributed by atoms with Crippen molar-refractivity contribution in [1.82, 2.24) is 0 Å². The average Bonchev–Trinajstić information content (AvgIpc) is 0.811. The molecule has 0 radical (unpaired) electrons. The van der Waals surface area contributed by atoms with Crippen molar-refractivity contribution in [2.45, 2.75) is 6.92 Å². The predicted octanol–water partition coefficient (Wildman–Crippen LogP) is 1.77. The van der Waals surface area contributed by atoms with E-state index < -0.39 is 5.97 Å². The Labute approximate surface area is 113 Å². The fraction of sp³-hybridized carbons (Fsp3) is 0.500. The maximum atomic E-state index is 9.00. The molecule has 0 aromatic heterocycles. The summed E-state index contributed by atoms with van der Waals surface area (Å²) < 4.78 is 0. The molecule has 0 rings (SSSR count). The van der Waals surface area contributed by atoms with Crippen molar-refractivity contribution in [1.29, 1.82) is 0 Å². The van der Waals surface area contributed by atoms with Crippen LogP contribution < -0.4 is 0 Å². The zero-order chi connectivity index (χ0) is 3.58. The van der Waals surface area contributed by atoms with Crippen molar-refractivity contribution < 1.29 is 51.1 Å². The van der Waals surface area contributed by atoms with E-state index >= 15 is 0 Å². The minimum absolute atomic E-state index is 0. The van der Waals surface area contributed by atoms with Crippen LogP contribution in [0.2, 0.25) is 0 Å². The normalized spacial score (nSPS) is 2.50. The second kappa shape index (κ2) is 44.2. The molecule has 0 aromatic carbocycles. The second-order valence-electron chi connectivity index (χ2n) is 0.519. The van der Waals surface area contributed by atoms with Gasteiger partial charge in [0.05, 0.1) is 0 Å². The first-order chi connectivity index (χ1) is 1.73. The van der Waals surface area contributed by atoms with Crippen LogP contribution in [-0.4, -0.2) is 11.1 Å². The van der Waals surface area contributed by atoms with Crippen LogP contribution in [0.25, 0.3) is 0 Å². The van der Waals surface area contributed by atoms with E-state index in [2.05, 4.69) is 0 Å². The fourth-order valence-electron chi connectivity index (χ4n) is 0. The van der Waals surface area contributed by atoms with E-state index in [1.54, 1.807) is 0 Å². The molecule has 0 saturated carbocycles. The van der Waals surface area contributed by atoms with Gasteiger partial charge < -0.3 is 5.11 Å². The predicted molar refractivity (Wildman–Crippen MR) is 42.3 cm³/mol. The van der Waals surface area contributed by atoms with Crippen LogP contribution in [0.15, 0.2) is 0 Å². The van der Waals surface area contributed by atoms with Gasteiger partial charge in [-0.05, 0) is 0 Å². The number of rotatable bonds is 0. The number of carboxylic acids is 1. The Morgan fingerprint density at radius 2 is 1.10 bits per heavy atom. The Balaban J connectivity index is -0.00000000300. The number of carboxylic acid groups (broad SMARTS) is 1. The SMILES string of the molecule is CC(=O)O.Cl.Cl.Cl.Cl.[Ti].[Zn]. The molecule has 0 spiro atoms.